The molecule has 0 saturated carbocycles. The van der Waals surface area contributed by atoms with Gasteiger partial charge < -0.3 is 4.74 Å². The number of nitrogens with zero attached hydrogens (tertiary/aromatic N) is 1. The first-order chi connectivity index (χ1) is 16.9. The Morgan fingerprint density at radius 3 is 2.31 bits per heavy atom. The molecule has 0 unspecified atom stereocenters. The summed E-state index contributed by atoms with van der Waals surface area (Å²) in [5.74, 6) is 0.248. The Morgan fingerprint density at radius 2 is 1.67 bits per heavy atom. The van der Waals surface area contributed by atoms with Crippen molar-refractivity contribution in [2.75, 3.05) is 6.61 Å². The van der Waals surface area contributed by atoms with E-state index in [-0.39, 0.29) is 5.41 Å². The smallest absolute Gasteiger partial charge is 0.332 e. The number of aromatic nitrogens is 2. The fourth-order valence-electron chi connectivity index (χ4n) is 4.21. The van der Waals surface area contributed by atoms with E-state index in [9.17, 15) is 22.6 Å². The molecule has 2 N–H and O–H groups in total. The molecular formula is C27H28N2O6S. The molecule has 4 rings (SSSR count). The van der Waals surface area contributed by atoms with Gasteiger partial charge in [0, 0.05) is 23.4 Å². The molecule has 0 radical (unpaired) electrons. The van der Waals surface area contributed by atoms with E-state index in [4.69, 9.17) is 4.74 Å². The van der Waals surface area contributed by atoms with Gasteiger partial charge in [0.1, 0.15) is 11.5 Å². The van der Waals surface area contributed by atoms with E-state index < -0.39 is 27.1 Å². The second kappa shape index (κ2) is 9.40. The maximum absolute atomic E-state index is 12.6. The Balaban J connectivity index is 1.96. The second-order valence-corrected chi connectivity index (χ2v) is 11.1. The van der Waals surface area contributed by atoms with Crippen LogP contribution in [0.1, 0.15) is 38.8 Å². The lowest BCUT2D eigenvalue weighted by atomic mass is 9.83. The molecule has 1 aromatic heterocycles. The van der Waals surface area contributed by atoms with Crippen LogP contribution in [0.5, 0.6) is 5.75 Å². The summed E-state index contributed by atoms with van der Waals surface area (Å²) in [5.41, 5.74) is 2.27. The van der Waals surface area contributed by atoms with Crippen molar-refractivity contribution < 1.29 is 17.7 Å². The van der Waals surface area contributed by atoms with Crippen LogP contribution in [0.2, 0.25) is 0 Å². The van der Waals surface area contributed by atoms with Crippen molar-refractivity contribution in [1.29, 1.82) is 0 Å². The highest BCUT2D eigenvalue weighted by Gasteiger charge is 2.24. The zero-order valence-corrected chi connectivity index (χ0v) is 21.3. The quantitative estimate of drug-likeness (QED) is 0.372. The van der Waals surface area contributed by atoms with Crippen molar-refractivity contribution in [2.45, 2.75) is 38.9 Å². The molecular weight excluding hydrogens is 480 g/mol. The molecule has 0 fully saturated rings. The summed E-state index contributed by atoms with van der Waals surface area (Å²) in [6.07, 6.45) is 1.45. The van der Waals surface area contributed by atoms with Gasteiger partial charge in [-0.1, -0.05) is 51.1 Å². The van der Waals surface area contributed by atoms with Crippen LogP contribution in [0.15, 0.2) is 70.4 Å². The summed E-state index contributed by atoms with van der Waals surface area (Å²) in [6.45, 7) is 8.54. The van der Waals surface area contributed by atoms with Gasteiger partial charge in [0.15, 0.2) is 0 Å². The largest absolute Gasteiger partial charge is 0.493 e. The third-order valence-electron chi connectivity index (χ3n) is 5.84. The zero-order chi connectivity index (χ0) is 26.3. The molecule has 0 spiro atoms. The van der Waals surface area contributed by atoms with Crippen LogP contribution in [-0.2, 0) is 21.3 Å². The highest BCUT2D eigenvalue weighted by Crippen LogP contribution is 2.42. The maximum atomic E-state index is 12.6. The zero-order valence-electron chi connectivity index (χ0n) is 20.5. The molecule has 0 bridgehead atoms. The fourth-order valence-corrected chi connectivity index (χ4v) is 4.81. The van der Waals surface area contributed by atoms with Crippen LogP contribution < -0.4 is 16.0 Å². The minimum absolute atomic E-state index is 0.317. The van der Waals surface area contributed by atoms with Crippen LogP contribution in [0.3, 0.4) is 0 Å². The van der Waals surface area contributed by atoms with Crippen molar-refractivity contribution >= 4 is 20.9 Å². The standard InChI is InChI=1S/C27H28N2O6S/c1-5-35-25-22(20-9-8-18-12-17(16-36(32,33)34)6-7-19(18)13-20)14-21(15-23(25)27(2,3)4)29-11-10-24(30)28-26(29)31/h6-15H,5,16H2,1-4H3,(H,28,30,31)(H,32,33,34). The molecule has 0 aliphatic carbocycles. The van der Waals surface area contributed by atoms with Crippen molar-refractivity contribution in [3.8, 4) is 22.6 Å². The van der Waals surface area contributed by atoms with Gasteiger partial charge in [0.05, 0.1) is 12.3 Å². The van der Waals surface area contributed by atoms with E-state index in [0.29, 0.717) is 23.6 Å². The van der Waals surface area contributed by atoms with Gasteiger partial charge in [-0.25, -0.2) is 4.79 Å². The summed E-state index contributed by atoms with van der Waals surface area (Å²) in [5, 5.41) is 1.69. The SMILES string of the molecule is CCOc1c(-c2ccc3cc(CS(=O)(=O)O)ccc3c2)cc(-n2ccc(=O)[nH]c2=O)cc1C(C)(C)C. The number of fused-ring (bicyclic) bond motifs is 1. The molecule has 1 heterocycles. The van der Waals surface area contributed by atoms with Crippen molar-refractivity contribution in [2.24, 2.45) is 0 Å². The number of benzene rings is 3. The predicted molar refractivity (Wildman–Crippen MR) is 141 cm³/mol. The second-order valence-electron chi connectivity index (χ2n) is 9.66. The number of nitrogens with one attached hydrogen (secondary N) is 1. The van der Waals surface area contributed by atoms with Crippen molar-refractivity contribution in [1.82, 2.24) is 9.55 Å². The Morgan fingerprint density at radius 1 is 0.972 bits per heavy atom. The first-order valence-corrected chi connectivity index (χ1v) is 13.1. The van der Waals surface area contributed by atoms with E-state index in [1.807, 2.05) is 37.3 Å². The lowest BCUT2D eigenvalue weighted by Gasteiger charge is -2.26. The average Bonchev–Trinajstić information content (AvgIpc) is 2.77. The molecule has 188 valence electrons. The van der Waals surface area contributed by atoms with Gasteiger partial charge in [0.25, 0.3) is 15.7 Å². The minimum Gasteiger partial charge on any atom is -0.493 e. The molecule has 0 atom stereocenters. The summed E-state index contributed by atoms with van der Waals surface area (Å²) >= 11 is 0. The number of rotatable bonds is 6. The van der Waals surface area contributed by atoms with E-state index in [2.05, 4.69) is 25.8 Å². The minimum atomic E-state index is -4.13. The summed E-state index contributed by atoms with van der Waals surface area (Å²) < 4.78 is 39.3. The van der Waals surface area contributed by atoms with E-state index >= 15 is 0 Å². The van der Waals surface area contributed by atoms with Crippen LogP contribution in [0.25, 0.3) is 27.6 Å². The number of H-pyrrole nitrogens is 1. The third-order valence-corrected chi connectivity index (χ3v) is 6.54. The highest BCUT2D eigenvalue weighted by atomic mass is 32.2. The number of hydrogen-bond donors (Lipinski definition) is 2. The Labute approximate surface area is 208 Å². The number of hydrogen-bond acceptors (Lipinski definition) is 5. The molecule has 9 heteroatoms. The van der Waals surface area contributed by atoms with Gasteiger partial charge in [-0.15, -0.1) is 0 Å². The molecule has 0 amide bonds. The van der Waals surface area contributed by atoms with Crippen molar-refractivity contribution in [3.63, 3.8) is 0 Å². The summed E-state index contributed by atoms with van der Waals surface area (Å²) in [7, 11) is -4.13. The molecule has 4 aromatic rings. The van der Waals surface area contributed by atoms with E-state index in [1.54, 1.807) is 18.2 Å². The monoisotopic (exact) mass is 508 g/mol. The van der Waals surface area contributed by atoms with Crippen molar-refractivity contribution in [3.05, 3.63) is 92.8 Å². The Bertz CT molecular complexity index is 1680. The van der Waals surface area contributed by atoms with E-state index in [1.165, 1.54) is 16.8 Å². The van der Waals surface area contributed by atoms with Gasteiger partial charge in [-0.05, 0) is 52.4 Å². The summed E-state index contributed by atoms with van der Waals surface area (Å²) in [4.78, 5) is 26.5. The summed E-state index contributed by atoms with van der Waals surface area (Å²) in [6, 6.07) is 16.0. The lowest BCUT2D eigenvalue weighted by molar-refractivity contribution is 0.331. The predicted octanol–water partition coefficient (Wildman–Crippen LogP) is 4.43. The average molecular weight is 509 g/mol. The first-order valence-electron chi connectivity index (χ1n) is 11.5. The third kappa shape index (κ3) is 5.42. The molecule has 0 aliphatic heterocycles. The topological polar surface area (TPSA) is 118 Å². The maximum Gasteiger partial charge on any atom is 0.332 e. The normalized spacial score (nSPS) is 12.1. The highest BCUT2D eigenvalue weighted by molar-refractivity contribution is 7.85. The van der Waals surface area contributed by atoms with Gasteiger partial charge >= 0.3 is 5.69 Å². The Hall–Kier alpha value is -3.69. The molecule has 8 nitrogen and oxygen atoms in total. The van der Waals surface area contributed by atoms with Crippen LogP contribution >= 0.6 is 0 Å². The first kappa shape index (κ1) is 25.4. The van der Waals surface area contributed by atoms with Crippen LogP contribution in [0.4, 0.5) is 0 Å². The number of ether oxygens (including phenoxy) is 1. The van der Waals surface area contributed by atoms with E-state index in [0.717, 1.165) is 27.5 Å². The molecule has 0 aliphatic rings. The molecule has 3 aromatic carbocycles. The van der Waals surface area contributed by atoms with Gasteiger partial charge in [0.2, 0.25) is 0 Å². The Kier molecular flexibility index (Phi) is 6.64. The number of aromatic amines is 1. The van der Waals surface area contributed by atoms with Gasteiger partial charge in [-0.2, -0.15) is 8.42 Å². The molecule has 36 heavy (non-hydrogen) atoms. The van der Waals surface area contributed by atoms with Crippen LogP contribution in [-0.4, -0.2) is 29.1 Å². The molecule has 0 saturated heterocycles. The fraction of sp³-hybridized carbons (Fsp3) is 0.259. The lowest BCUT2D eigenvalue weighted by Crippen LogP contribution is -2.28. The van der Waals surface area contributed by atoms with Crippen LogP contribution in [0, 0.1) is 0 Å². The van der Waals surface area contributed by atoms with Gasteiger partial charge in [-0.3, -0.25) is 18.9 Å².